The van der Waals surface area contributed by atoms with Crippen molar-refractivity contribution in [3.63, 3.8) is 0 Å². The number of aliphatic hydroxyl groups excluding tert-OH is 1. The Morgan fingerprint density at radius 1 is 0.963 bits per heavy atom. The Balaban J connectivity index is 6.36. The molecule has 0 aliphatic carbocycles. The molecular weight excluding hydrogens is 443 g/mol. The van der Waals surface area contributed by atoms with E-state index in [1.54, 1.807) is 6.08 Å². The number of hydrogen-bond donors (Lipinski definition) is 1. The zero-order chi connectivity index (χ0) is 20.7. The molecule has 0 aromatic rings. The normalized spacial score (nSPS) is 14.3. The maximum absolute atomic E-state index is 12.1. The van der Waals surface area contributed by atoms with Crippen LogP contribution in [-0.4, -0.2) is 42.7 Å². The molecule has 1 atom stereocenters. The Hall–Kier alpha value is -0.291. The molecule has 0 aliphatic rings. The fraction of sp³-hybridized carbons (Fsp3) is 0.783. The Morgan fingerprint density at radius 2 is 1.44 bits per heavy atom. The van der Waals surface area contributed by atoms with Crippen molar-refractivity contribution in [1.29, 1.82) is 0 Å². The van der Waals surface area contributed by atoms with Crippen LogP contribution in [0, 0.1) is 0 Å². The maximum atomic E-state index is 12.1. The van der Waals surface area contributed by atoms with Gasteiger partial charge in [-0.05, 0) is 0 Å². The van der Waals surface area contributed by atoms with Gasteiger partial charge in [0.1, 0.15) is 0 Å². The molecule has 0 spiro atoms. The number of hydrogen-bond acceptors (Lipinski definition) is 3. The molecule has 0 aromatic carbocycles. The van der Waals surface area contributed by atoms with Crippen molar-refractivity contribution in [3.8, 4) is 0 Å². The van der Waals surface area contributed by atoms with Crippen molar-refractivity contribution in [1.82, 2.24) is 0 Å². The van der Waals surface area contributed by atoms with Crippen molar-refractivity contribution >= 4 is 24.3 Å². The van der Waals surface area contributed by atoms with Crippen molar-refractivity contribution in [3.05, 3.63) is 21.3 Å². The molecule has 0 rings (SSSR count). The number of rotatable bonds is 15. The van der Waals surface area contributed by atoms with Gasteiger partial charge in [0, 0.05) is 0 Å². The zero-order valence-corrected chi connectivity index (χ0v) is 21.6. The van der Waals surface area contributed by atoms with E-state index >= 15 is 0 Å². The molecule has 1 unspecified atom stereocenters. The summed E-state index contributed by atoms with van der Waals surface area (Å²) in [6, 6.07) is 0. The average molecular weight is 487 g/mol. The van der Waals surface area contributed by atoms with Crippen LogP contribution in [0.3, 0.4) is 0 Å². The molecule has 0 amide bonds. The number of esters is 1. The predicted molar refractivity (Wildman–Crippen MR) is 120 cm³/mol. The Labute approximate surface area is 172 Å². The molecular formula is C23H44O3Sn. The molecule has 0 heterocycles. The molecule has 0 saturated carbocycles. The van der Waals surface area contributed by atoms with Crippen LogP contribution in [0.1, 0.15) is 86.0 Å². The topological polar surface area (TPSA) is 46.5 Å². The van der Waals surface area contributed by atoms with Gasteiger partial charge in [0.15, 0.2) is 0 Å². The van der Waals surface area contributed by atoms with Crippen LogP contribution in [0.5, 0.6) is 0 Å². The Kier molecular flexibility index (Phi) is 15.4. The predicted octanol–water partition coefficient (Wildman–Crippen LogP) is 6.58. The van der Waals surface area contributed by atoms with E-state index in [0.717, 1.165) is 18.4 Å². The molecule has 0 saturated heterocycles. The molecule has 3 nitrogen and oxygen atoms in total. The standard InChI is InChI=1S/C11H17O3.3C4H9.Sn/c1-4-5-10(7-6-9(2)12)8-11(13)14-3;3*1-3-4-2;/h6,8-9,12H,4-5H2,1-3H3;3*1,3-4H2,2H3;/b7-6?,10-8+;;;;. The van der Waals surface area contributed by atoms with Gasteiger partial charge in [-0.2, -0.15) is 0 Å². The second-order valence-corrected chi connectivity index (χ2v) is 21.0. The molecule has 0 aliphatic heterocycles. The molecule has 4 heteroatoms. The molecule has 0 aromatic heterocycles. The first-order valence-corrected chi connectivity index (χ1v) is 18.6. The third-order valence-electron chi connectivity index (χ3n) is 5.36. The van der Waals surface area contributed by atoms with Gasteiger partial charge < -0.3 is 0 Å². The average Bonchev–Trinajstić information content (AvgIpc) is 2.65. The van der Waals surface area contributed by atoms with Gasteiger partial charge in [-0.15, -0.1) is 0 Å². The van der Waals surface area contributed by atoms with E-state index in [9.17, 15) is 9.90 Å². The zero-order valence-electron chi connectivity index (χ0n) is 18.8. The molecule has 0 radical (unpaired) electrons. The van der Waals surface area contributed by atoms with E-state index in [4.69, 9.17) is 4.74 Å². The second-order valence-electron chi connectivity index (χ2n) is 7.85. The van der Waals surface area contributed by atoms with E-state index in [2.05, 4.69) is 33.8 Å². The minimum atomic E-state index is -2.75. The first kappa shape index (κ1) is 26.7. The molecule has 158 valence electrons. The third kappa shape index (κ3) is 10.2. The molecule has 0 bridgehead atoms. The van der Waals surface area contributed by atoms with Gasteiger partial charge in [-0.1, -0.05) is 0 Å². The monoisotopic (exact) mass is 488 g/mol. The molecule has 1 N–H and O–H groups in total. The number of aliphatic hydroxyl groups is 1. The SMILES string of the molecule is CCC[CH2][Sn]([CH2]CCC)([CH2]CCC)[C](=C/C(C)O)/C(=C/C(=O)OC)CCC. The first-order valence-electron chi connectivity index (χ1n) is 11.1. The second kappa shape index (κ2) is 15.6. The van der Waals surface area contributed by atoms with Gasteiger partial charge in [-0.3, -0.25) is 0 Å². The Bertz CT molecular complexity index is 444. The summed E-state index contributed by atoms with van der Waals surface area (Å²) in [6.45, 7) is 10.8. The summed E-state index contributed by atoms with van der Waals surface area (Å²) < 4.78 is 10.3. The van der Waals surface area contributed by atoms with Crippen LogP contribution in [0.15, 0.2) is 21.3 Å². The van der Waals surface area contributed by atoms with Gasteiger partial charge in [-0.25, -0.2) is 0 Å². The summed E-state index contributed by atoms with van der Waals surface area (Å²) in [5.41, 5.74) is 1.14. The number of carbonyl (C=O) groups is 1. The van der Waals surface area contributed by atoms with E-state index in [0.29, 0.717) is 0 Å². The van der Waals surface area contributed by atoms with Crippen LogP contribution in [0.4, 0.5) is 0 Å². The van der Waals surface area contributed by atoms with Crippen LogP contribution in [-0.2, 0) is 9.53 Å². The summed E-state index contributed by atoms with van der Waals surface area (Å²) in [4.78, 5) is 12.1. The fourth-order valence-electron chi connectivity index (χ4n) is 3.95. The minimum absolute atomic E-state index is 0.267. The summed E-state index contributed by atoms with van der Waals surface area (Å²) >= 11 is -2.75. The van der Waals surface area contributed by atoms with Gasteiger partial charge in [0.2, 0.25) is 0 Å². The van der Waals surface area contributed by atoms with Crippen LogP contribution < -0.4 is 0 Å². The van der Waals surface area contributed by atoms with Crippen molar-refractivity contribution in [2.75, 3.05) is 7.11 Å². The van der Waals surface area contributed by atoms with E-state index in [1.165, 1.54) is 62.5 Å². The van der Waals surface area contributed by atoms with Crippen molar-refractivity contribution < 1.29 is 14.6 Å². The first-order chi connectivity index (χ1) is 12.9. The van der Waals surface area contributed by atoms with E-state index in [-0.39, 0.29) is 5.97 Å². The van der Waals surface area contributed by atoms with Gasteiger partial charge in [0.05, 0.1) is 0 Å². The number of ether oxygens (including phenoxy) is 1. The molecule has 27 heavy (non-hydrogen) atoms. The van der Waals surface area contributed by atoms with Crippen LogP contribution in [0.25, 0.3) is 0 Å². The quantitative estimate of drug-likeness (QED) is 0.123. The van der Waals surface area contributed by atoms with Crippen molar-refractivity contribution in [2.45, 2.75) is 105 Å². The number of methoxy groups -OCH3 is 1. The number of allylic oxidation sites excluding steroid dienone is 2. The fourth-order valence-corrected chi connectivity index (χ4v) is 21.4. The Morgan fingerprint density at radius 3 is 1.78 bits per heavy atom. The van der Waals surface area contributed by atoms with Gasteiger partial charge >= 0.3 is 173 Å². The van der Waals surface area contributed by atoms with Crippen LogP contribution >= 0.6 is 0 Å². The van der Waals surface area contributed by atoms with Crippen LogP contribution in [0.2, 0.25) is 13.3 Å². The summed E-state index contributed by atoms with van der Waals surface area (Å²) in [5, 5.41) is 10.3. The molecule has 0 fully saturated rings. The summed E-state index contributed by atoms with van der Waals surface area (Å²) in [5.74, 6) is -0.267. The van der Waals surface area contributed by atoms with Gasteiger partial charge in [0.25, 0.3) is 0 Å². The third-order valence-corrected chi connectivity index (χ3v) is 21.2. The van der Waals surface area contributed by atoms with E-state index < -0.39 is 24.5 Å². The van der Waals surface area contributed by atoms with Crippen molar-refractivity contribution in [2.24, 2.45) is 0 Å². The van der Waals surface area contributed by atoms with E-state index in [1.807, 2.05) is 6.92 Å². The summed E-state index contributed by atoms with van der Waals surface area (Å²) in [7, 11) is 1.45. The summed E-state index contributed by atoms with van der Waals surface area (Å²) in [6.07, 6.45) is 12.6. The number of carbonyl (C=O) groups excluding carboxylic acids is 1. The number of unbranched alkanes of at least 4 members (excludes halogenated alkanes) is 3.